The summed E-state index contributed by atoms with van der Waals surface area (Å²) in [7, 11) is -3.22. The van der Waals surface area contributed by atoms with Gasteiger partial charge in [0.05, 0.1) is 22.4 Å². The van der Waals surface area contributed by atoms with Gasteiger partial charge in [0.15, 0.2) is 0 Å². The van der Waals surface area contributed by atoms with Crippen molar-refractivity contribution in [2.75, 3.05) is 38.5 Å². The molecule has 3 heterocycles. The smallest absolute Gasteiger partial charge is 0.224 e. The third kappa shape index (κ3) is 6.47. The molecule has 0 aliphatic carbocycles. The fourth-order valence-corrected chi connectivity index (χ4v) is 6.44. The lowest BCUT2D eigenvalue weighted by Crippen LogP contribution is -2.47. The molecule has 164 valence electrons. The second-order valence-electron chi connectivity index (χ2n) is 8.34. The van der Waals surface area contributed by atoms with Crippen LogP contribution in [0.25, 0.3) is 0 Å². The highest BCUT2D eigenvalue weighted by atomic mass is 32.2. The van der Waals surface area contributed by atoms with Crippen LogP contribution in [0.2, 0.25) is 0 Å². The number of aryl methyl sites for hydroxylation is 1. The van der Waals surface area contributed by atoms with Gasteiger partial charge >= 0.3 is 0 Å². The average Bonchev–Trinajstić information content (AvgIpc) is 3.12. The minimum atomic E-state index is -3.22. The molecule has 1 aromatic heterocycles. The Kier molecular flexibility index (Phi) is 8.07. The van der Waals surface area contributed by atoms with Crippen molar-refractivity contribution in [2.24, 2.45) is 11.8 Å². The zero-order chi connectivity index (χ0) is 20.9. The molecule has 1 amide bonds. The first-order chi connectivity index (χ1) is 13.9. The number of nitrogens with one attached hydrogen (secondary N) is 1. The topological polar surface area (TPSA) is 82.6 Å². The van der Waals surface area contributed by atoms with Gasteiger partial charge in [0, 0.05) is 31.6 Å². The first kappa shape index (κ1) is 22.7. The third-order valence-electron chi connectivity index (χ3n) is 5.93. The maximum absolute atomic E-state index is 12.6. The van der Waals surface area contributed by atoms with Gasteiger partial charge in [-0.3, -0.25) is 9.69 Å². The van der Waals surface area contributed by atoms with E-state index >= 15 is 0 Å². The summed E-state index contributed by atoms with van der Waals surface area (Å²) in [6.45, 7) is 8.45. The van der Waals surface area contributed by atoms with Gasteiger partial charge in [-0.1, -0.05) is 6.92 Å². The maximum atomic E-state index is 12.6. The molecule has 0 bridgehead atoms. The van der Waals surface area contributed by atoms with E-state index in [9.17, 15) is 13.2 Å². The van der Waals surface area contributed by atoms with E-state index in [-0.39, 0.29) is 17.6 Å². The SMILES string of the molecule is CCCS(=O)(=O)N1CCCC(C(=O)NCC2CCN(Cc3csc(C)n3)CC2)C1. The molecule has 0 radical (unpaired) electrons. The number of aromatic nitrogens is 1. The van der Waals surface area contributed by atoms with Crippen LogP contribution in [0, 0.1) is 18.8 Å². The number of hydrogen-bond donors (Lipinski definition) is 1. The number of sulfonamides is 1. The van der Waals surface area contributed by atoms with Crippen LogP contribution in [0.4, 0.5) is 0 Å². The Morgan fingerprint density at radius 3 is 2.69 bits per heavy atom. The van der Waals surface area contributed by atoms with Crippen LogP contribution < -0.4 is 5.32 Å². The van der Waals surface area contributed by atoms with E-state index in [1.807, 2.05) is 13.8 Å². The van der Waals surface area contributed by atoms with Gasteiger partial charge in [-0.15, -0.1) is 11.3 Å². The van der Waals surface area contributed by atoms with Crippen LogP contribution in [0.1, 0.15) is 49.7 Å². The highest BCUT2D eigenvalue weighted by Gasteiger charge is 2.32. The van der Waals surface area contributed by atoms with Crippen LogP contribution in [-0.2, 0) is 21.4 Å². The molecule has 1 aromatic rings. The van der Waals surface area contributed by atoms with E-state index in [0.717, 1.165) is 56.0 Å². The molecule has 2 fully saturated rings. The van der Waals surface area contributed by atoms with Crippen LogP contribution in [0.3, 0.4) is 0 Å². The van der Waals surface area contributed by atoms with Crippen LogP contribution >= 0.6 is 11.3 Å². The van der Waals surface area contributed by atoms with E-state index in [0.29, 0.717) is 32.0 Å². The number of thiazole rings is 1. The van der Waals surface area contributed by atoms with Gasteiger partial charge in [0.1, 0.15) is 0 Å². The Morgan fingerprint density at radius 2 is 2.03 bits per heavy atom. The van der Waals surface area contributed by atoms with E-state index in [1.54, 1.807) is 11.3 Å². The lowest BCUT2D eigenvalue weighted by molar-refractivity contribution is -0.126. The third-order valence-corrected chi connectivity index (χ3v) is 8.80. The molecule has 1 atom stereocenters. The number of nitrogens with zero attached hydrogens (tertiary/aromatic N) is 3. The standard InChI is InChI=1S/C20H34N4O3S2/c1-3-11-29(26,27)24-8-4-5-18(13-24)20(25)21-12-17-6-9-23(10-7-17)14-19-15-28-16(2)22-19/h15,17-18H,3-14H2,1-2H3,(H,21,25). The Balaban J connectivity index is 1.39. The summed E-state index contributed by atoms with van der Waals surface area (Å²) in [5, 5.41) is 6.35. The fraction of sp³-hybridized carbons (Fsp3) is 0.800. The van der Waals surface area contributed by atoms with Crippen molar-refractivity contribution in [3.63, 3.8) is 0 Å². The molecule has 0 spiro atoms. The van der Waals surface area contributed by atoms with Crippen molar-refractivity contribution in [1.82, 2.24) is 19.5 Å². The number of likely N-dealkylation sites (tertiary alicyclic amines) is 1. The summed E-state index contributed by atoms with van der Waals surface area (Å²) >= 11 is 1.70. The monoisotopic (exact) mass is 442 g/mol. The van der Waals surface area contributed by atoms with Crippen molar-refractivity contribution < 1.29 is 13.2 Å². The molecule has 29 heavy (non-hydrogen) atoms. The first-order valence-electron chi connectivity index (χ1n) is 10.8. The van der Waals surface area contributed by atoms with Gasteiger partial charge in [-0.2, -0.15) is 0 Å². The number of hydrogen-bond acceptors (Lipinski definition) is 6. The molecule has 1 unspecified atom stereocenters. The summed E-state index contributed by atoms with van der Waals surface area (Å²) in [4.78, 5) is 19.6. The summed E-state index contributed by atoms with van der Waals surface area (Å²) in [5.41, 5.74) is 1.15. The molecule has 3 rings (SSSR count). The summed E-state index contributed by atoms with van der Waals surface area (Å²) < 4.78 is 26.1. The predicted octanol–water partition coefficient (Wildman–Crippen LogP) is 2.23. The van der Waals surface area contributed by atoms with Crippen molar-refractivity contribution in [3.05, 3.63) is 16.1 Å². The lowest BCUT2D eigenvalue weighted by atomic mass is 9.95. The van der Waals surface area contributed by atoms with Crippen molar-refractivity contribution in [2.45, 2.75) is 52.5 Å². The molecule has 1 N–H and O–H groups in total. The van der Waals surface area contributed by atoms with Gasteiger partial charge in [-0.05, 0) is 58.0 Å². The minimum Gasteiger partial charge on any atom is -0.356 e. The summed E-state index contributed by atoms with van der Waals surface area (Å²) in [6.07, 6.45) is 4.29. The van der Waals surface area contributed by atoms with Gasteiger partial charge in [-0.25, -0.2) is 17.7 Å². The highest BCUT2D eigenvalue weighted by Crippen LogP contribution is 2.22. The second-order valence-corrected chi connectivity index (χ2v) is 11.5. The zero-order valence-electron chi connectivity index (χ0n) is 17.6. The Morgan fingerprint density at radius 1 is 1.28 bits per heavy atom. The van der Waals surface area contributed by atoms with Crippen LogP contribution in [0.15, 0.2) is 5.38 Å². The largest absolute Gasteiger partial charge is 0.356 e. The Labute approximate surface area is 178 Å². The fourth-order valence-electron chi connectivity index (χ4n) is 4.24. The normalized spacial score (nSPS) is 22.6. The van der Waals surface area contributed by atoms with Crippen LogP contribution in [0.5, 0.6) is 0 Å². The molecule has 2 aliphatic heterocycles. The molecule has 0 saturated carbocycles. The maximum Gasteiger partial charge on any atom is 0.224 e. The van der Waals surface area contributed by atoms with E-state index in [2.05, 4.69) is 20.6 Å². The Hall–Kier alpha value is -1.03. The minimum absolute atomic E-state index is 0.0155. The molecule has 9 heteroatoms. The predicted molar refractivity (Wildman–Crippen MR) is 116 cm³/mol. The van der Waals surface area contributed by atoms with Crippen molar-refractivity contribution >= 4 is 27.3 Å². The van der Waals surface area contributed by atoms with Gasteiger partial charge < -0.3 is 5.32 Å². The number of carbonyl (C=O) groups is 1. The summed E-state index contributed by atoms with van der Waals surface area (Å²) in [6, 6.07) is 0. The van der Waals surface area contributed by atoms with E-state index in [4.69, 9.17) is 0 Å². The quantitative estimate of drug-likeness (QED) is 0.668. The average molecular weight is 443 g/mol. The van der Waals surface area contributed by atoms with Gasteiger partial charge in [0.25, 0.3) is 0 Å². The zero-order valence-corrected chi connectivity index (χ0v) is 19.2. The molecular formula is C20H34N4O3S2. The lowest BCUT2D eigenvalue weighted by Gasteiger charge is -2.33. The van der Waals surface area contributed by atoms with Crippen molar-refractivity contribution in [3.8, 4) is 0 Å². The van der Waals surface area contributed by atoms with Gasteiger partial charge in [0.2, 0.25) is 15.9 Å². The summed E-state index contributed by atoms with van der Waals surface area (Å²) in [5.74, 6) is 0.460. The van der Waals surface area contributed by atoms with E-state index < -0.39 is 10.0 Å². The molecular weight excluding hydrogens is 408 g/mol. The molecule has 2 saturated heterocycles. The van der Waals surface area contributed by atoms with E-state index in [1.165, 1.54) is 4.31 Å². The van der Waals surface area contributed by atoms with Crippen LogP contribution in [-0.4, -0.2) is 67.0 Å². The second kappa shape index (κ2) is 10.3. The number of piperidine rings is 2. The number of carbonyl (C=O) groups excluding carboxylic acids is 1. The molecule has 0 aromatic carbocycles. The molecule has 2 aliphatic rings. The highest BCUT2D eigenvalue weighted by molar-refractivity contribution is 7.89. The Bertz CT molecular complexity index is 772. The van der Waals surface area contributed by atoms with Crippen molar-refractivity contribution in [1.29, 1.82) is 0 Å². The number of rotatable bonds is 8. The first-order valence-corrected chi connectivity index (χ1v) is 13.2. The molecule has 7 nitrogen and oxygen atoms in total. The number of amides is 1.